The fourth-order valence-corrected chi connectivity index (χ4v) is 4.02. The van der Waals surface area contributed by atoms with Crippen molar-refractivity contribution in [3.8, 4) is 5.75 Å². The van der Waals surface area contributed by atoms with Crippen molar-refractivity contribution in [3.05, 3.63) is 38.8 Å². The molecule has 2 fully saturated rings. The molecule has 1 heterocycles. The fourth-order valence-electron chi connectivity index (χ4n) is 3.34. The van der Waals surface area contributed by atoms with Gasteiger partial charge in [0.05, 0.1) is 15.9 Å². The Hall–Kier alpha value is -2.35. The van der Waals surface area contributed by atoms with Crippen molar-refractivity contribution in [3.63, 3.8) is 0 Å². The Kier molecular flexibility index (Phi) is 5.61. The van der Waals surface area contributed by atoms with Crippen LogP contribution in [0.3, 0.4) is 0 Å². The number of benzene rings is 1. The van der Waals surface area contributed by atoms with Gasteiger partial charge in [-0.25, -0.2) is 0 Å². The minimum atomic E-state index is -0.492. The van der Waals surface area contributed by atoms with Crippen LogP contribution in [0, 0.1) is 16.0 Å². The van der Waals surface area contributed by atoms with Crippen LogP contribution in [0.5, 0.6) is 5.75 Å². The fraction of sp³-hybridized carbons (Fsp3) is 0.444. The van der Waals surface area contributed by atoms with Gasteiger partial charge in [0.15, 0.2) is 5.75 Å². The third-order valence-corrected chi connectivity index (χ3v) is 5.56. The van der Waals surface area contributed by atoms with Crippen LogP contribution >= 0.6 is 11.8 Å². The van der Waals surface area contributed by atoms with Gasteiger partial charge in [-0.1, -0.05) is 25.3 Å². The standard InChI is InChI=1S/C18H20N2O5S/c1-11(13-5-3-2-4-6-13)25-15-8-7-12(9-14(15)20(23)24)10-16-17(21)19-18(22)26-16/h7-11,13H,2-6H2,1H3,(H,19,21,22)/b16-10-. The van der Waals surface area contributed by atoms with Crippen LogP contribution in [-0.4, -0.2) is 22.2 Å². The minimum absolute atomic E-state index is 0.0907. The molecule has 1 aromatic carbocycles. The van der Waals surface area contributed by atoms with E-state index in [2.05, 4.69) is 5.32 Å². The highest BCUT2D eigenvalue weighted by atomic mass is 32.2. The summed E-state index contributed by atoms with van der Waals surface area (Å²) in [5.41, 5.74) is 0.332. The maximum absolute atomic E-state index is 11.6. The number of nitro groups is 1. The molecule has 2 amide bonds. The van der Waals surface area contributed by atoms with E-state index in [1.807, 2.05) is 6.92 Å². The van der Waals surface area contributed by atoms with E-state index in [4.69, 9.17) is 4.74 Å². The number of ether oxygens (including phenoxy) is 1. The summed E-state index contributed by atoms with van der Waals surface area (Å²) in [6, 6.07) is 4.58. The van der Waals surface area contributed by atoms with E-state index in [0.717, 1.165) is 24.6 Å². The zero-order chi connectivity index (χ0) is 18.7. The predicted octanol–water partition coefficient (Wildman–Crippen LogP) is 4.27. The average molecular weight is 376 g/mol. The molecule has 26 heavy (non-hydrogen) atoms. The van der Waals surface area contributed by atoms with Gasteiger partial charge in [-0.15, -0.1) is 0 Å². The van der Waals surface area contributed by atoms with E-state index in [9.17, 15) is 19.7 Å². The lowest BCUT2D eigenvalue weighted by Gasteiger charge is -2.28. The first-order valence-electron chi connectivity index (χ1n) is 8.64. The second kappa shape index (κ2) is 7.90. The first-order chi connectivity index (χ1) is 12.4. The Balaban J connectivity index is 1.81. The molecule has 0 aromatic heterocycles. The molecule has 1 aliphatic heterocycles. The molecule has 7 nitrogen and oxygen atoms in total. The first-order valence-corrected chi connectivity index (χ1v) is 9.45. The summed E-state index contributed by atoms with van der Waals surface area (Å²) in [6.45, 7) is 1.96. The van der Waals surface area contributed by atoms with Gasteiger partial charge >= 0.3 is 5.69 Å². The third kappa shape index (κ3) is 4.24. The summed E-state index contributed by atoms with van der Waals surface area (Å²) in [5, 5.41) is 13.2. The number of hydrogen-bond donors (Lipinski definition) is 1. The SMILES string of the molecule is CC(Oc1ccc(/C=C2\SC(=O)NC2=O)cc1[N+](=O)[O-])C1CCCCC1. The smallest absolute Gasteiger partial charge is 0.311 e. The Morgan fingerprint density at radius 2 is 2.04 bits per heavy atom. The lowest BCUT2D eigenvalue weighted by molar-refractivity contribution is -0.386. The van der Waals surface area contributed by atoms with Crippen LogP contribution < -0.4 is 10.1 Å². The summed E-state index contributed by atoms with van der Waals surface area (Å²) in [4.78, 5) is 34.0. The largest absolute Gasteiger partial charge is 0.484 e. The zero-order valence-electron chi connectivity index (χ0n) is 14.4. The highest BCUT2D eigenvalue weighted by molar-refractivity contribution is 8.18. The lowest BCUT2D eigenvalue weighted by Crippen LogP contribution is -2.26. The lowest BCUT2D eigenvalue weighted by atomic mass is 9.86. The van der Waals surface area contributed by atoms with Crippen LogP contribution in [-0.2, 0) is 4.79 Å². The second-order valence-corrected chi connectivity index (χ2v) is 7.57. The number of imide groups is 1. The van der Waals surface area contributed by atoms with Gasteiger partial charge in [-0.3, -0.25) is 25.0 Å². The van der Waals surface area contributed by atoms with Gasteiger partial charge in [-0.05, 0) is 55.2 Å². The van der Waals surface area contributed by atoms with Crippen molar-refractivity contribution in [2.45, 2.75) is 45.1 Å². The second-order valence-electron chi connectivity index (χ2n) is 6.56. The molecule has 8 heteroatoms. The first kappa shape index (κ1) is 18.4. The number of nitro benzene ring substituents is 1. The normalized spacial score (nSPS) is 20.9. The van der Waals surface area contributed by atoms with Gasteiger partial charge in [0.2, 0.25) is 0 Å². The van der Waals surface area contributed by atoms with Gasteiger partial charge in [0, 0.05) is 6.07 Å². The highest BCUT2D eigenvalue weighted by Crippen LogP contribution is 2.34. The summed E-state index contributed by atoms with van der Waals surface area (Å²) >= 11 is 0.777. The number of thioether (sulfide) groups is 1. The molecule has 0 spiro atoms. The number of hydrogen-bond acceptors (Lipinski definition) is 6. The van der Waals surface area contributed by atoms with E-state index < -0.39 is 16.1 Å². The van der Waals surface area contributed by atoms with E-state index in [1.54, 1.807) is 12.1 Å². The third-order valence-electron chi connectivity index (χ3n) is 4.75. The molecule has 1 saturated carbocycles. The number of rotatable bonds is 5. The maximum atomic E-state index is 11.6. The van der Waals surface area contributed by atoms with Crippen molar-refractivity contribution >= 4 is 34.7 Å². The van der Waals surface area contributed by atoms with Crippen LogP contribution in [0.1, 0.15) is 44.6 Å². The molecule has 1 saturated heterocycles. The molecule has 0 bridgehead atoms. The van der Waals surface area contributed by atoms with E-state index in [0.29, 0.717) is 11.5 Å². The molecular formula is C18H20N2O5S. The molecule has 1 N–H and O–H groups in total. The van der Waals surface area contributed by atoms with Crippen molar-refractivity contribution < 1.29 is 19.2 Å². The van der Waals surface area contributed by atoms with Crippen LogP contribution in [0.15, 0.2) is 23.1 Å². The summed E-state index contributed by atoms with van der Waals surface area (Å²) in [6.07, 6.45) is 7.12. The Morgan fingerprint density at radius 1 is 1.31 bits per heavy atom. The van der Waals surface area contributed by atoms with Crippen LogP contribution in [0.25, 0.3) is 6.08 Å². The minimum Gasteiger partial charge on any atom is -0.484 e. The molecule has 0 radical (unpaired) electrons. The number of carbonyl (C=O) groups excluding carboxylic acids is 2. The van der Waals surface area contributed by atoms with Crippen molar-refractivity contribution in [1.29, 1.82) is 0 Å². The molecular weight excluding hydrogens is 356 g/mol. The number of amides is 2. The number of nitrogens with zero attached hydrogens (tertiary/aromatic N) is 1. The Labute approximate surface area is 155 Å². The molecule has 2 aliphatic rings. The average Bonchev–Trinajstić information content (AvgIpc) is 2.94. The molecule has 1 aliphatic carbocycles. The Morgan fingerprint density at radius 3 is 2.65 bits per heavy atom. The topological polar surface area (TPSA) is 98.5 Å². The molecule has 1 aromatic rings. The molecule has 1 atom stereocenters. The Bertz CT molecular complexity index is 771. The number of nitrogens with one attached hydrogen (secondary N) is 1. The van der Waals surface area contributed by atoms with Crippen molar-refractivity contribution in [1.82, 2.24) is 5.32 Å². The van der Waals surface area contributed by atoms with Gasteiger partial charge in [0.25, 0.3) is 11.1 Å². The van der Waals surface area contributed by atoms with Gasteiger partial charge < -0.3 is 4.74 Å². The van der Waals surface area contributed by atoms with Crippen molar-refractivity contribution in [2.24, 2.45) is 5.92 Å². The highest BCUT2D eigenvalue weighted by Gasteiger charge is 2.27. The molecule has 138 valence electrons. The molecule has 1 unspecified atom stereocenters. The quantitative estimate of drug-likeness (QED) is 0.468. The maximum Gasteiger partial charge on any atom is 0.311 e. The predicted molar refractivity (Wildman–Crippen MR) is 98.9 cm³/mol. The zero-order valence-corrected chi connectivity index (χ0v) is 15.2. The molecule has 3 rings (SSSR count). The summed E-state index contributed by atoms with van der Waals surface area (Å²) < 4.78 is 5.91. The van der Waals surface area contributed by atoms with E-state index in [-0.39, 0.29) is 22.4 Å². The van der Waals surface area contributed by atoms with Gasteiger partial charge in [0.1, 0.15) is 0 Å². The number of carbonyl (C=O) groups is 2. The monoisotopic (exact) mass is 376 g/mol. The van der Waals surface area contributed by atoms with E-state index >= 15 is 0 Å². The summed E-state index contributed by atoms with van der Waals surface area (Å²) in [7, 11) is 0. The van der Waals surface area contributed by atoms with Gasteiger partial charge in [-0.2, -0.15) is 0 Å². The van der Waals surface area contributed by atoms with Crippen molar-refractivity contribution in [2.75, 3.05) is 0 Å². The van der Waals surface area contributed by atoms with Crippen LogP contribution in [0.4, 0.5) is 10.5 Å². The van der Waals surface area contributed by atoms with Crippen LogP contribution in [0.2, 0.25) is 0 Å². The summed E-state index contributed by atoms with van der Waals surface area (Å²) in [5.74, 6) is 0.151. The van der Waals surface area contributed by atoms with E-state index in [1.165, 1.54) is 31.4 Å².